The fraction of sp³-hybridized carbons (Fsp3) is 0.533. The molecule has 0 aromatic heterocycles. The maximum Gasteiger partial charge on any atom is 0.321 e. The quantitative estimate of drug-likeness (QED) is 0.770. The number of hydrogen-bond donors (Lipinski definition) is 2. The first-order chi connectivity index (χ1) is 9.72. The van der Waals surface area contributed by atoms with Gasteiger partial charge in [0.15, 0.2) is 0 Å². The average Bonchev–Trinajstić information content (AvgIpc) is 2.76. The molecule has 2 fully saturated rings. The molecular formula is C15H22N4O. The van der Waals surface area contributed by atoms with E-state index in [-0.39, 0.29) is 6.03 Å². The zero-order valence-electron chi connectivity index (χ0n) is 11.7. The second-order valence-corrected chi connectivity index (χ2v) is 5.69. The molecule has 0 spiro atoms. The number of anilines is 2. The Morgan fingerprint density at radius 3 is 2.95 bits per heavy atom. The van der Waals surface area contributed by atoms with Crippen molar-refractivity contribution in [1.29, 1.82) is 0 Å². The third-order valence-corrected chi connectivity index (χ3v) is 4.23. The molecule has 5 heteroatoms. The Morgan fingerprint density at radius 2 is 2.10 bits per heavy atom. The highest BCUT2D eigenvalue weighted by Crippen LogP contribution is 2.22. The number of rotatable bonds is 1. The summed E-state index contributed by atoms with van der Waals surface area (Å²) in [4.78, 5) is 16.8. The molecule has 20 heavy (non-hydrogen) atoms. The lowest BCUT2D eigenvalue weighted by atomic mass is 10.2. The number of nitrogen functional groups attached to an aromatic ring is 1. The van der Waals surface area contributed by atoms with Crippen molar-refractivity contribution in [3.8, 4) is 0 Å². The normalized spacial score (nSPS) is 23.2. The Balaban J connectivity index is 1.64. The molecule has 2 aliphatic heterocycles. The first-order valence-electron chi connectivity index (χ1n) is 7.38. The van der Waals surface area contributed by atoms with Crippen LogP contribution in [0, 0.1) is 0 Å². The van der Waals surface area contributed by atoms with Crippen LogP contribution in [-0.4, -0.2) is 48.1 Å². The van der Waals surface area contributed by atoms with Crippen LogP contribution < -0.4 is 11.1 Å². The molecule has 2 amide bonds. The molecule has 1 aromatic carbocycles. The van der Waals surface area contributed by atoms with Gasteiger partial charge in [-0.2, -0.15) is 0 Å². The molecule has 1 atom stereocenters. The molecule has 3 N–H and O–H groups in total. The van der Waals surface area contributed by atoms with Gasteiger partial charge in [0.1, 0.15) is 0 Å². The van der Waals surface area contributed by atoms with Crippen LogP contribution in [0.15, 0.2) is 24.3 Å². The van der Waals surface area contributed by atoms with E-state index in [1.165, 1.54) is 19.4 Å². The highest BCUT2D eigenvalue weighted by Gasteiger charge is 2.30. The van der Waals surface area contributed by atoms with E-state index in [1.54, 1.807) is 6.07 Å². The number of nitrogens with two attached hydrogens (primary N) is 1. The van der Waals surface area contributed by atoms with Gasteiger partial charge in [0.05, 0.1) is 0 Å². The lowest BCUT2D eigenvalue weighted by Crippen LogP contribution is -2.41. The molecule has 2 heterocycles. The van der Waals surface area contributed by atoms with Gasteiger partial charge in [-0.3, -0.25) is 4.90 Å². The largest absolute Gasteiger partial charge is 0.399 e. The lowest BCUT2D eigenvalue weighted by Gasteiger charge is -2.25. The van der Waals surface area contributed by atoms with E-state index >= 15 is 0 Å². The van der Waals surface area contributed by atoms with Gasteiger partial charge >= 0.3 is 6.03 Å². The van der Waals surface area contributed by atoms with Gasteiger partial charge in [-0.15, -0.1) is 0 Å². The maximum atomic E-state index is 12.4. The Bertz CT molecular complexity index is 491. The second-order valence-electron chi connectivity index (χ2n) is 5.69. The van der Waals surface area contributed by atoms with Crippen LogP contribution in [0.1, 0.15) is 19.3 Å². The molecule has 5 nitrogen and oxygen atoms in total. The van der Waals surface area contributed by atoms with Gasteiger partial charge in [-0.05, 0) is 44.0 Å². The molecule has 2 saturated heterocycles. The van der Waals surface area contributed by atoms with Crippen molar-refractivity contribution in [1.82, 2.24) is 9.80 Å². The standard InChI is InChI=1S/C15H22N4O/c16-12-4-1-5-13(10-12)17-15(20)19-9-3-8-18-7-2-6-14(18)11-19/h1,4-5,10,14H,2-3,6-9,11,16H2,(H,17,20). The van der Waals surface area contributed by atoms with E-state index in [4.69, 9.17) is 5.73 Å². The van der Waals surface area contributed by atoms with E-state index in [0.29, 0.717) is 11.7 Å². The highest BCUT2D eigenvalue weighted by atomic mass is 16.2. The van der Waals surface area contributed by atoms with Crippen molar-refractivity contribution >= 4 is 17.4 Å². The van der Waals surface area contributed by atoms with Gasteiger partial charge in [-0.1, -0.05) is 6.07 Å². The zero-order valence-corrected chi connectivity index (χ0v) is 11.7. The predicted octanol–water partition coefficient (Wildman–Crippen LogP) is 1.97. The molecule has 0 bridgehead atoms. The SMILES string of the molecule is Nc1cccc(NC(=O)N2CCCN3CCCC3C2)c1. The summed E-state index contributed by atoms with van der Waals surface area (Å²) in [5.74, 6) is 0. The topological polar surface area (TPSA) is 61.6 Å². The van der Waals surface area contributed by atoms with Crippen molar-refractivity contribution in [3.63, 3.8) is 0 Å². The van der Waals surface area contributed by atoms with Crippen LogP contribution in [0.25, 0.3) is 0 Å². The molecule has 108 valence electrons. The molecular weight excluding hydrogens is 252 g/mol. The molecule has 3 rings (SSSR count). The van der Waals surface area contributed by atoms with E-state index in [9.17, 15) is 4.79 Å². The monoisotopic (exact) mass is 274 g/mol. The fourth-order valence-electron chi connectivity index (χ4n) is 3.21. The molecule has 1 aromatic rings. The maximum absolute atomic E-state index is 12.4. The summed E-state index contributed by atoms with van der Waals surface area (Å²) in [5.41, 5.74) is 7.17. The molecule has 0 radical (unpaired) electrons. The number of urea groups is 1. The van der Waals surface area contributed by atoms with E-state index in [1.807, 2.05) is 23.1 Å². The van der Waals surface area contributed by atoms with Crippen LogP contribution in [0.4, 0.5) is 16.2 Å². The van der Waals surface area contributed by atoms with Crippen molar-refractivity contribution in [2.24, 2.45) is 0 Å². The summed E-state index contributed by atoms with van der Waals surface area (Å²) in [6, 6.07) is 7.86. The minimum atomic E-state index is -0.00986. The lowest BCUT2D eigenvalue weighted by molar-refractivity contribution is 0.200. The number of hydrogen-bond acceptors (Lipinski definition) is 3. The fourth-order valence-corrected chi connectivity index (χ4v) is 3.21. The molecule has 0 saturated carbocycles. The summed E-state index contributed by atoms with van der Waals surface area (Å²) in [7, 11) is 0. The number of amides is 2. The number of fused-ring (bicyclic) bond motifs is 1. The first-order valence-corrected chi connectivity index (χ1v) is 7.38. The third-order valence-electron chi connectivity index (χ3n) is 4.23. The summed E-state index contributed by atoms with van der Waals surface area (Å²) >= 11 is 0. The van der Waals surface area contributed by atoms with Crippen molar-refractivity contribution in [2.75, 3.05) is 37.2 Å². The molecule has 1 unspecified atom stereocenters. The van der Waals surface area contributed by atoms with Crippen LogP contribution >= 0.6 is 0 Å². The number of nitrogens with zero attached hydrogens (tertiary/aromatic N) is 2. The van der Waals surface area contributed by atoms with Gasteiger partial charge < -0.3 is 16.0 Å². The number of carbonyl (C=O) groups excluding carboxylic acids is 1. The number of benzene rings is 1. The van der Waals surface area contributed by atoms with Crippen LogP contribution in [0.3, 0.4) is 0 Å². The Labute approximate surface area is 119 Å². The minimum absolute atomic E-state index is 0.00986. The highest BCUT2D eigenvalue weighted by molar-refractivity contribution is 5.89. The Morgan fingerprint density at radius 1 is 1.25 bits per heavy atom. The zero-order chi connectivity index (χ0) is 13.9. The smallest absolute Gasteiger partial charge is 0.321 e. The van der Waals surface area contributed by atoms with Crippen molar-refractivity contribution < 1.29 is 4.79 Å². The summed E-state index contributed by atoms with van der Waals surface area (Å²) < 4.78 is 0. The second kappa shape index (κ2) is 5.71. The van der Waals surface area contributed by atoms with E-state index in [0.717, 1.165) is 31.7 Å². The average molecular weight is 274 g/mol. The Kier molecular flexibility index (Phi) is 3.78. The van der Waals surface area contributed by atoms with Crippen LogP contribution in [0.5, 0.6) is 0 Å². The molecule has 0 aliphatic carbocycles. The van der Waals surface area contributed by atoms with Gasteiger partial charge in [0, 0.05) is 37.1 Å². The summed E-state index contributed by atoms with van der Waals surface area (Å²) in [6.07, 6.45) is 3.53. The van der Waals surface area contributed by atoms with E-state index < -0.39 is 0 Å². The van der Waals surface area contributed by atoms with Crippen LogP contribution in [-0.2, 0) is 0 Å². The van der Waals surface area contributed by atoms with Crippen molar-refractivity contribution in [2.45, 2.75) is 25.3 Å². The van der Waals surface area contributed by atoms with Crippen LogP contribution in [0.2, 0.25) is 0 Å². The minimum Gasteiger partial charge on any atom is -0.399 e. The third kappa shape index (κ3) is 2.88. The molecule has 2 aliphatic rings. The number of carbonyl (C=O) groups is 1. The van der Waals surface area contributed by atoms with E-state index in [2.05, 4.69) is 10.2 Å². The van der Waals surface area contributed by atoms with Crippen molar-refractivity contribution in [3.05, 3.63) is 24.3 Å². The van der Waals surface area contributed by atoms with Gasteiger partial charge in [0.2, 0.25) is 0 Å². The predicted molar refractivity (Wildman–Crippen MR) is 80.7 cm³/mol. The summed E-state index contributed by atoms with van der Waals surface area (Å²) in [5, 5.41) is 2.95. The van der Waals surface area contributed by atoms with Gasteiger partial charge in [-0.25, -0.2) is 4.79 Å². The Hall–Kier alpha value is -1.75. The van der Waals surface area contributed by atoms with Gasteiger partial charge in [0.25, 0.3) is 0 Å². The summed E-state index contributed by atoms with van der Waals surface area (Å²) in [6.45, 7) is 3.98. The first kappa shape index (κ1) is 13.2. The number of nitrogens with one attached hydrogen (secondary N) is 1.